The van der Waals surface area contributed by atoms with Crippen LogP contribution in [0.1, 0.15) is 19.2 Å². The number of aromatic nitrogens is 3. The second kappa shape index (κ2) is 8.60. The van der Waals surface area contributed by atoms with Crippen LogP contribution in [0.2, 0.25) is 0 Å². The first-order chi connectivity index (χ1) is 8.77. The van der Waals surface area contributed by atoms with Crippen molar-refractivity contribution in [2.45, 2.75) is 26.4 Å². The summed E-state index contributed by atoms with van der Waals surface area (Å²) in [5.41, 5.74) is 0. The summed E-state index contributed by atoms with van der Waals surface area (Å²) in [7, 11) is 1.60. The number of ether oxygens (including phenoxy) is 1. The first-order valence-corrected chi connectivity index (χ1v) is 6.11. The van der Waals surface area contributed by atoms with Crippen LogP contribution in [0.4, 0.5) is 0 Å². The van der Waals surface area contributed by atoms with Gasteiger partial charge in [0.25, 0.3) is 0 Å². The lowest BCUT2D eigenvalue weighted by Gasteiger charge is -2.07. The summed E-state index contributed by atoms with van der Waals surface area (Å²) in [5.74, 6) is 0.801. The minimum absolute atomic E-state index is 0.0476. The number of carbonyl (C=O) groups is 1. The third-order valence-electron chi connectivity index (χ3n) is 2.33. The maximum Gasteiger partial charge on any atom is 0.234 e. The predicted octanol–water partition coefficient (Wildman–Crippen LogP) is -0.460. The molecule has 102 valence electrons. The van der Waals surface area contributed by atoms with Gasteiger partial charge in [0, 0.05) is 20.2 Å². The molecular formula is C11H21N5O2. The van der Waals surface area contributed by atoms with E-state index >= 15 is 0 Å². The Morgan fingerprint density at radius 1 is 1.56 bits per heavy atom. The Balaban J connectivity index is 2.20. The molecule has 0 unspecified atom stereocenters. The smallest absolute Gasteiger partial charge is 0.234 e. The fourth-order valence-corrected chi connectivity index (χ4v) is 1.47. The lowest BCUT2D eigenvalue weighted by molar-refractivity contribution is -0.120. The summed E-state index contributed by atoms with van der Waals surface area (Å²) in [6, 6.07) is 0. The molecule has 0 atom stereocenters. The van der Waals surface area contributed by atoms with Crippen LogP contribution in [0, 0.1) is 0 Å². The quantitative estimate of drug-likeness (QED) is 0.584. The van der Waals surface area contributed by atoms with Gasteiger partial charge in [-0.25, -0.2) is 9.67 Å². The van der Waals surface area contributed by atoms with E-state index in [-0.39, 0.29) is 12.5 Å². The van der Waals surface area contributed by atoms with Crippen LogP contribution in [0.25, 0.3) is 0 Å². The molecule has 7 nitrogen and oxygen atoms in total. The van der Waals surface area contributed by atoms with E-state index in [4.69, 9.17) is 4.74 Å². The van der Waals surface area contributed by atoms with Crippen LogP contribution in [-0.4, -0.2) is 47.5 Å². The van der Waals surface area contributed by atoms with Crippen LogP contribution < -0.4 is 10.6 Å². The molecule has 1 aromatic heterocycles. The molecule has 7 heteroatoms. The molecule has 0 aliphatic rings. The van der Waals surface area contributed by atoms with Crippen molar-refractivity contribution in [1.82, 2.24) is 25.4 Å². The number of carbonyl (C=O) groups excluding carboxylic acids is 1. The standard InChI is InChI=1S/C11H21N5O2/c1-3-5-16-10(14-9-15-16)7-12-8-11(17)13-4-6-18-2/h9,12H,3-8H2,1-2H3,(H,13,17). The van der Waals surface area contributed by atoms with Crippen molar-refractivity contribution in [2.24, 2.45) is 0 Å². The largest absolute Gasteiger partial charge is 0.383 e. The highest BCUT2D eigenvalue weighted by Crippen LogP contribution is 1.94. The second-order valence-corrected chi connectivity index (χ2v) is 3.85. The summed E-state index contributed by atoms with van der Waals surface area (Å²) < 4.78 is 6.68. The van der Waals surface area contributed by atoms with Gasteiger partial charge in [0.15, 0.2) is 0 Å². The first kappa shape index (κ1) is 14.6. The van der Waals surface area contributed by atoms with Crippen LogP contribution in [-0.2, 0) is 22.6 Å². The molecule has 0 aliphatic heterocycles. The molecule has 0 saturated heterocycles. The molecule has 0 aromatic carbocycles. The molecular weight excluding hydrogens is 234 g/mol. The van der Waals surface area contributed by atoms with Gasteiger partial charge in [0.1, 0.15) is 12.2 Å². The maximum absolute atomic E-state index is 11.4. The average Bonchev–Trinajstić information content (AvgIpc) is 2.78. The Kier molecular flexibility index (Phi) is 6.97. The molecule has 0 bridgehead atoms. The van der Waals surface area contributed by atoms with Crippen molar-refractivity contribution < 1.29 is 9.53 Å². The zero-order chi connectivity index (χ0) is 13.2. The van der Waals surface area contributed by atoms with Crippen LogP contribution in [0.5, 0.6) is 0 Å². The molecule has 1 heterocycles. The molecule has 0 aliphatic carbocycles. The number of amides is 1. The lowest BCUT2D eigenvalue weighted by atomic mass is 10.4. The number of hydrogen-bond donors (Lipinski definition) is 2. The summed E-state index contributed by atoms with van der Waals surface area (Å²) in [6.45, 7) is 4.79. The maximum atomic E-state index is 11.4. The number of rotatable bonds is 9. The van der Waals surface area contributed by atoms with Gasteiger partial charge in [-0.15, -0.1) is 0 Å². The zero-order valence-electron chi connectivity index (χ0n) is 11.0. The van der Waals surface area contributed by atoms with E-state index in [0.29, 0.717) is 19.7 Å². The van der Waals surface area contributed by atoms with Crippen LogP contribution in [0.3, 0.4) is 0 Å². The average molecular weight is 255 g/mol. The van der Waals surface area contributed by atoms with E-state index in [9.17, 15) is 4.79 Å². The monoisotopic (exact) mass is 255 g/mol. The molecule has 1 aromatic rings. The van der Waals surface area contributed by atoms with E-state index in [1.807, 2.05) is 4.68 Å². The summed E-state index contributed by atoms with van der Waals surface area (Å²) >= 11 is 0. The Morgan fingerprint density at radius 2 is 2.39 bits per heavy atom. The third-order valence-corrected chi connectivity index (χ3v) is 2.33. The summed E-state index contributed by atoms with van der Waals surface area (Å²) in [5, 5.41) is 9.88. The predicted molar refractivity (Wildman–Crippen MR) is 66.9 cm³/mol. The first-order valence-electron chi connectivity index (χ1n) is 6.11. The van der Waals surface area contributed by atoms with E-state index in [1.54, 1.807) is 7.11 Å². The molecule has 0 spiro atoms. The van der Waals surface area contributed by atoms with Gasteiger partial charge in [-0.3, -0.25) is 4.79 Å². The lowest BCUT2D eigenvalue weighted by Crippen LogP contribution is -2.35. The van der Waals surface area contributed by atoms with Crippen LogP contribution >= 0.6 is 0 Å². The Hall–Kier alpha value is -1.47. The Morgan fingerprint density at radius 3 is 3.11 bits per heavy atom. The Labute approximate surface area is 107 Å². The van der Waals surface area contributed by atoms with Crippen molar-refractivity contribution in [3.05, 3.63) is 12.2 Å². The van der Waals surface area contributed by atoms with Gasteiger partial charge in [0.05, 0.1) is 19.7 Å². The summed E-state index contributed by atoms with van der Waals surface area (Å²) in [6.07, 6.45) is 2.54. The zero-order valence-corrected chi connectivity index (χ0v) is 11.0. The number of aryl methyl sites for hydroxylation is 1. The van der Waals surface area contributed by atoms with Crippen molar-refractivity contribution in [3.8, 4) is 0 Å². The van der Waals surface area contributed by atoms with Crippen LogP contribution in [0.15, 0.2) is 6.33 Å². The fourth-order valence-electron chi connectivity index (χ4n) is 1.47. The van der Waals surface area contributed by atoms with Crippen molar-refractivity contribution in [1.29, 1.82) is 0 Å². The van der Waals surface area contributed by atoms with E-state index in [1.165, 1.54) is 6.33 Å². The summed E-state index contributed by atoms with van der Waals surface area (Å²) in [4.78, 5) is 15.5. The molecule has 2 N–H and O–H groups in total. The van der Waals surface area contributed by atoms with Gasteiger partial charge in [-0.2, -0.15) is 5.10 Å². The molecule has 0 saturated carbocycles. The van der Waals surface area contributed by atoms with Gasteiger partial charge in [-0.1, -0.05) is 6.92 Å². The number of nitrogens with zero attached hydrogens (tertiary/aromatic N) is 3. The topological polar surface area (TPSA) is 81.1 Å². The SMILES string of the molecule is CCCn1ncnc1CNCC(=O)NCCOC. The second-order valence-electron chi connectivity index (χ2n) is 3.85. The van der Waals surface area contributed by atoms with Gasteiger partial charge in [0.2, 0.25) is 5.91 Å². The number of hydrogen-bond acceptors (Lipinski definition) is 5. The van der Waals surface area contributed by atoms with Gasteiger partial charge < -0.3 is 15.4 Å². The normalized spacial score (nSPS) is 10.6. The highest BCUT2D eigenvalue weighted by molar-refractivity contribution is 5.77. The van der Waals surface area contributed by atoms with E-state index < -0.39 is 0 Å². The van der Waals surface area contributed by atoms with Gasteiger partial charge >= 0.3 is 0 Å². The fraction of sp³-hybridized carbons (Fsp3) is 0.727. The Bertz CT molecular complexity index is 353. The molecule has 0 radical (unpaired) electrons. The third kappa shape index (κ3) is 5.24. The minimum atomic E-state index is -0.0476. The molecule has 1 amide bonds. The molecule has 1 rings (SSSR count). The van der Waals surface area contributed by atoms with Gasteiger partial charge in [-0.05, 0) is 6.42 Å². The van der Waals surface area contributed by atoms with Crippen molar-refractivity contribution >= 4 is 5.91 Å². The van der Waals surface area contributed by atoms with Crippen molar-refractivity contribution in [2.75, 3.05) is 26.8 Å². The van der Waals surface area contributed by atoms with E-state index in [2.05, 4.69) is 27.6 Å². The molecule has 0 fully saturated rings. The minimum Gasteiger partial charge on any atom is -0.383 e. The number of methoxy groups -OCH3 is 1. The van der Waals surface area contributed by atoms with E-state index in [0.717, 1.165) is 18.8 Å². The molecule has 18 heavy (non-hydrogen) atoms. The highest BCUT2D eigenvalue weighted by Gasteiger charge is 2.04. The van der Waals surface area contributed by atoms with Crippen molar-refractivity contribution in [3.63, 3.8) is 0 Å². The highest BCUT2D eigenvalue weighted by atomic mass is 16.5. The number of nitrogens with one attached hydrogen (secondary N) is 2.